The number of anilines is 1. The summed E-state index contributed by atoms with van der Waals surface area (Å²) >= 11 is 0. The molecular weight excluding hydrogens is 362 g/mol. The number of carbonyl (C=O) groups excluding carboxylic acids is 2. The summed E-state index contributed by atoms with van der Waals surface area (Å²) in [6.45, 7) is 0.499. The average molecular weight is 392 g/mol. The van der Waals surface area contributed by atoms with Gasteiger partial charge in [-0.2, -0.15) is 0 Å². The molecule has 1 aromatic carbocycles. The fourth-order valence-electron chi connectivity index (χ4n) is 4.51. The summed E-state index contributed by atoms with van der Waals surface area (Å²) in [5.41, 5.74) is 1.83. The van der Waals surface area contributed by atoms with Crippen molar-refractivity contribution in [3.63, 3.8) is 0 Å². The smallest absolute Gasteiger partial charge is 0.237 e. The Morgan fingerprint density at radius 2 is 1.85 bits per heavy atom. The second-order valence-electron chi connectivity index (χ2n) is 8.14. The summed E-state index contributed by atoms with van der Waals surface area (Å²) in [6, 6.07) is 8.26. The molecule has 3 aliphatic rings. The molecular formula is C21H30ClN3O2. The van der Waals surface area contributed by atoms with Crippen LogP contribution in [0.15, 0.2) is 24.3 Å². The van der Waals surface area contributed by atoms with Crippen molar-refractivity contribution in [1.29, 1.82) is 0 Å². The summed E-state index contributed by atoms with van der Waals surface area (Å²) < 4.78 is 0. The molecule has 3 atom stereocenters. The van der Waals surface area contributed by atoms with Gasteiger partial charge in [-0.3, -0.25) is 9.59 Å². The van der Waals surface area contributed by atoms with Gasteiger partial charge < -0.3 is 16.0 Å². The third-order valence-electron chi connectivity index (χ3n) is 6.32. The van der Waals surface area contributed by atoms with E-state index in [0.29, 0.717) is 18.5 Å². The van der Waals surface area contributed by atoms with Crippen LogP contribution in [-0.2, 0) is 16.1 Å². The Kier molecular flexibility index (Phi) is 6.77. The average Bonchev–Trinajstić information content (AvgIpc) is 3.02. The third-order valence-corrected chi connectivity index (χ3v) is 6.32. The first-order valence-corrected chi connectivity index (χ1v) is 10.1. The molecule has 1 aromatic rings. The van der Waals surface area contributed by atoms with Gasteiger partial charge >= 0.3 is 0 Å². The van der Waals surface area contributed by atoms with Crippen LogP contribution in [0.25, 0.3) is 0 Å². The maximum atomic E-state index is 12.5. The van der Waals surface area contributed by atoms with Crippen molar-refractivity contribution in [3.05, 3.63) is 29.8 Å². The highest BCUT2D eigenvalue weighted by Gasteiger charge is 2.38. The summed E-state index contributed by atoms with van der Waals surface area (Å²) in [4.78, 5) is 24.6. The van der Waals surface area contributed by atoms with Crippen molar-refractivity contribution in [1.82, 2.24) is 10.6 Å². The summed E-state index contributed by atoms with van der Waals surface area (Å²) in [7, 11) is 0. The van der Waals surface area contributed by atoms with Crippen LogP contribution in [0.3, 0.4) is 0 Å². The molecule has 2 saturated carbocycles. The van der Waals surface area contributed by atoms with Gasteiger partial charge in [0.05, 0.1) is 6.04 Å². The molecule has 1 aliphatic heterocycles. The molecule has 2 aliphatic carbocycles. The topological polar surface area (TPSA) is 70.2 Å². The number of hydrogen-bond donors (Lipinski definition) is 3. The molecule has 0 spiro atoms. The Hall–Kier alpha value is -1.59. The lowest BCUT2D eigenvalue weighted by molar-refractivity contribution is -0.123. The molecule has 5 nitrogen and oxygen atoms in total. The van der Waals surface area contributed by atoms with Crippen molar-refractivity contribution in [2.75, 3.05) is 5.32 Å². The fraction of sp³-hybridized carbons (Fsp3) is 0.619. The zero-order valence-electron chi connectivity index (χ0n) is 15.7. The molecule has 3 N–H and O–H groups in total. The van der Waals surface area contributed by atoms with Crippen molar-refractivity contribution in [2.45, 2.75) is 70.0 Å². The molecule has 27 heavy (non-hydrogen) atoms. The largest absolute Gasteiger partial charge is 0.351 e. The van der Waals surface area contributed by atoms with E-state index < -0.39 is 0 Å². The quantitative estimate of drug-likeness (QED) is 0.720. The zero-order valence-corrected chi connectivity index (χ0v) is 16.5. The van der Waals surface area contributed by atoms with Gasteiger partial charge in [0, 0.05) is 24.2 Å². The standard InChI is InChI=1S/C21H29N3O2.ClH/c25-20(15-7-4-8-15)23-17-9-3-5-14(11-17)13-22-21(26)19-12-16-6-1-2-10-18(16)24-19;/h3,5,9,11,15-16,18-19,24H,1-2,4,6-8,10,12-13H2,(H,22,26)(H,23,25);1H. The van der Waals surface area contributed by atoms with Gasteiger partial charge in [0.2, 0.25) is 11.8 Å². The normalized spacial score (nSPS) is 27.0. The summed E-state index contributed by atoms with van der Waals surface area (Å²) in [5.74, 6) is 1.07. The van der Waals surface area contributed by atoms with Crippen LogP contribution in [-0.4, -0.2) is 23.9 Å². The maximum Gasteiger partial charge on any atom is 0.237 e. The minimum atomic E-state index is -0.0513. The minimum Gasteiger partial charge on any atom is -0.351 e. The maximum absolute atomic E-state index is 12.5. The number of halogens is 1. The van der Waals surface area contributed by atoms with Gasteiger partial charge in [-0.05, 0) is 55.7 Å². The van der Waals surface area contributed by atoms with Crippen molar-refractivity contribution >= 4 is 29.9 Å². The Morgan fingerprint density at radius 1 is 1.04 bits per heavy atom. The predicted molar refractivity (Wildman–Crippen MR) is 109 cm³/mol. The highest BCUT2D eigenvalue weighted by atomic mass is 35.5. The van der Waals surface area contributed by atoms with Gasteiger partial charge in [-0.1, -0.05) is 31.4 Å². The van der Waals surface area contributed by atoms with E-state index in [4.69, 9.17) is 0 Å². The number of rotatable bonds is 5. The highest BCUT2D eigenvalue weighted by Crippen LogP contribution is 2.33. The van der Waals surface area contributed by atoms with Crippen molar-refractivity contribution in [2.24, 2.45) is 11.8 Å². The van der Waals surface area contributed by atoms with E-state index in [1.807, 2.05) is 24.3 Å². The highest BCUT2D eigenvalue weighted by molar-refractivity contribution is 5.93. The van der Waals surface area contributed by atoms with Gasteiger partial charge in [0.1, 0.15) is 0 Å². The van der Waals surface area contributed by atoms with Gasteiger partial charge in [-0.25, -0.2) is 0 Å². The predicted octanol–water partition coefficient (Wildman–Crippen LogP) is 3.38. The monoisotopic (exact) mass is 391 g/mol. The molecule has 6 heteroatoms. The Labute approximate surface area is 167 Å². The molecule has 1 saturated heterocycles. The van der Waals surface area contributed by atoms with Crippen molar-refractivity contribution < 1.29 is 9.59 Å². The van der Waals surface area contributed by atoms with Crippen LogP contribution in [0.4, 0.5) is 5.69 Å². The molecule has 2 amide bonds. The Morgan fingerprint density at radius 3 is 2.59 bits per heavy atom. The van der Waals surface area contributed by atoms with E-state index in [0.717, 1.165) is 36.9 Å². The van der Waals surface area contributed by atoms with Crippen LogP contribution in [0, 0.1) is 11.8 Å². The minimum absolute atomic E-state index is 0. The number of hydrogen-bond acceptors (Lipinski definition) is 3. The number of carbonyl (C=O) groups is 2. The third kappa shape index (κ3) is 4.82. The molecule has 3 fully saturated rings. The van der Waals surface area contributed by atoms with E-state index in [1.165, 1.54) is 25.7 Å². The van der Waals surface area contributed by atoms with Crippen LogP contribution >= 0.6 is 12.4 Å². The lowest BCUT2D eigenvalue weighted by Crippen LogP contribution is -2.42. The Bertz CT molecular complexity index is 663. The molecule has 4 rings (SSSR count). The van der Waals surface area contributed by atoms with E-state index >= 15 is 0 Å². The zero-order chi connectivity index (χ0) is 17.9. The molecule has 0 aromatic heterocycles. The van der Waals surface area contributed by atoms with E-state index in [-0.39, 0.29) is 36.2 Å². The molecule has 3 unspecified atom stereocenters. The number of nitrogens with one attached hydrogen (secondary N) is 3. The molecule has 148 valence electrons. The lowest BCUT2D eigenvalue weighted by Gasteiger charge is -2.24. The number of amides is 2. The van der Waals surface area contributed by atoms with Crippen LogP contribution in [0.5, 0.6) is 0 Å². The van der Waals surface area contributed by atoms with Gasteiger partial charge in [0.15, 0.2) is 0 Å². The Balaban J connectivity index is 0.00000210. The number of fused-ring (bicyclic) bond motifs is 1. The van der Waals surface area contributed by atoms with Crippen LogP contribution < -0.4 is 16.0 Å². The fourth-order valence-corrected chi connectivity index (χ4v) is 4.51. The second-order valence-corrected chi connectivity index (χ2v) is 8.14. The first kappa shape index (κ1) is 20.2. The van der Waals surface area contributed by atoms with E-state index in [1.54, 1.807) is 0 Å². The molecule has 1 heterocycles. The SMILES string of the molecule is Cl.O=C(Nc1cccc(CNC(=O)C2CC3CCCCC3N2)c1)C1CCC1. The molecule has 0 radical (unpaired) electrons. The van der Waals surface area contributed by atoms with Gasteiger partial charge in [-0.15, -0.1) is 12.4 Å². The summed E-state index contributed by atoms with van der Waals surface area (Å²) in [5, 5.41) is 9.58. The lowest BCUT2D eigenvalue weighted by atomic mass is 9.85. The van der Waals surface area contributed by atoms with Gasteiger partial charge in [0.25, 0.3) is 0 Å². The summed E-state index contributed by atoms with van der Waals surface area (Å²) in [6.07, 6.45) is 9.16. The van der Waals surface area contributed by atoms with E-state index in [9.17, 15) is 9.59 Å². The first-order chi connectivity index (χ1) is 12.7. The van der Waals surface area contributed by atoms with Crippen LogP contribution in [0.1, 0.15) is 56.9 Å². The van der Waals surface area contributed by atoms with E-state index in [2.05, 4.69) is 16.0 Å². The molecule has 0 bridgehead atoms. The van der Waals surface area contributed by atoms with Crippen molar-refractivity contribution in [3.8, 4) is 0 Å². The first-order valence-electron chi connectivity index (χ1n) is 10.1. The van der Waals surface area contributed by atoms with Crippen LogP contribution in [0.2, 0.25) is 0 Å². The second kappa shape index (κ2) is 9.07. The number of benzene rings is 1.